The summed E-state index contributed by atoms with van der Waals surface area (Å²) in [6.07, 6.45) is 1.52. The number of hydrazine groups is 1. The number of hydrogen-bond donors (Lipinski definition) is 2. The number of benzene rings is 1. The molecule has 0 saturated heterocycles. The number of halogens is 1. The van der Waals surface area contributed by atoms with Crippen LogP contribution in [-0.4, -0.2) is 0 Å². The predicted octanol–water partition coefficient (Wildman–Crippen LogP) is 2.73. The summed E-state index contributed by atoms with van der Waals surface area (Å²) in [4.78, 5) is 0. The van der Waals surface area contributed by atoms with E-state index in [0.717, 1.165) is 23.5 Å². The van der Waals surface area contributed by atoms with Crippen LogP contribution in [0.1, 0.15) is 30.0 Å². The lowest BCUT2D eigenvalue weighted by Gasteiger charge is -2.13. The molecule has 0 radical (unpaired) electrons. The number of nitrogens with one attached hydrogen (secondary N) is 1. The van der Waals surface area contributed by atoms with E-state index in [2.05, 4.69) is 5.43 Å². The third-order valence-corrected chi connectivity index (χ3v) is 2.93. The minimum atomic E-state index is -0.234. The normalized spacial score (nSPS) is 12.6. The van der Waals surface area contributed by atoms with Crippen molar-refractivity contribution in [3.05, 3.63) is 59.3 Å². The van der Waals surface area contributed by atoms with E-state index in [1.807, 2.05) is 19.1 Å². The van der Waals surface area contributed by atoms with E-state index in [1.165, 1.54) is 12.1 Å². The van der Waals surface area contributed by atoms with Gasteiger partial charge >= 0.3 is 0 Å². The summed E-state index contributed by atoms with van der Waals surface area (Å²) in [5, 5.41) is 0. The van der Waals surface area contributed by atoms with Crippen molar-refractivity contribution in [2.45, 2.75) is 25.8 Å². The van der Waals surface area contributed by atoms with Crippen LogP contribution in [-0.2, 0) is 12.8 Å². The molecule has 4 heteroatoms. The molecule has 0 amide bonds. The maximum atomic E-state index is 12.8. The van der Waals surface area contributed by atoms with Crippen molar-refractivity contribution in [1.82, 2.24) is 5.43 Å². The van der Waals surface area contributed by atoms with Crippen LogP contribution >= 0.6 is 0 Å². The van der Waals surface area contributed by atoms with Crippen LogP contribution < -0.4 is 11.3 Å². The molecule has 2 rings (SSSR count). The van der Waals surface area contributed by atoms with E-state index in [1.54, 1.807) is 12.1 Å². The first-order valence-electron chi connectivity index (χ1n) is 6.02. The molecule has 0 aliphatic rings. The number of rotatable bonds is 5. The third kappa shape index (κ3) is 2.97. The number of hydrogen-bond acceptors (Lipinski definition) is 3. The SMILES string of the molecule is CCc1ccc(C(Cc2ccc(F)cc2)NN)o1. The van der Waals surface area contributed by atoms with E-state index in [9.17, 15) is 4.39 Å². The fourth-order valence-electron chi connectivity index (χ4n) is 1.87. The summed E-state index contributed by atoms with van der Waals surface area (Å²) in [6.45, 7) is 2.04. The van der Waals surface area contributed by atoms with Crippen molar-refractivity contribution in [2.75, 3.05) is 0 Å². The summed E-state index contributed by atoms with van der Waals surface area (Å²) in [5.74, 6) is 7.05. The summed E-state index contributed by atoms with van der Waals surface area (Å²) >= 11 is 0. The minimum Gasteiger partial charge on any atom is -0.464 e. The lowest BCUT2D eigenvalue weighted by Crippen LogP contribution is -2.29. The molecule has 3 nitrogen and oxygen atoms in total. The van der Waals surface area contributed by atoms with E-state index in [-0.39, 0.29) is 11.9 Å². The molecule has 1 aromatic heterocycles. The van der Waals surface area contributed by atoms with Gasteiger partial charge in [-0.25, -0.2) is 9.82 Å². The van der Waals surface area contributed by atoms with Gasteiger partial charge in [0.1, 0.15) is 17.3 Å². The van der Waals surface area contributed by atoms with Gasteiger partial charge in [0.05, 0.1) is 6.04 Å². The van der Waals surface area contributed by atoms with Crippen LogP contribution in [0.4, 0.5) is 4.39 Å². The number of aryl methyl sites for hydroxylation is 1. The van der Waals surface area contributed by atoms with Gasteiger partial charge in [-0.2, -0.15) is 0 Å². The van der Waals surface area contributed by atoms with Crippen LogP contribution in [0.5, 0.6) is 0 Å². The Bertz CT molecular complexity index is 493. The smallest absolute Gasteiger partial charge is 0.123 e. The highest BCUT2D eigenvalue weighted by Gasteiger charge is 2.14. The molecule has 1 heterocycles. The third-order valence-electron chi connectivity index (χ3n) is 2.93. The quantitative estimate of drug-likeness (QED) is 0.632. The van der Waals surface area contributed by atoms with Gasteiger partial charge in [-0.05, 0) is 36.2 Å². The summed E-state index contributed by atoms with van der Waals surface area (Å²) < 4.78 is 18.5. The monoisotopic (exact) mass is 248 g/mol. The zero-order valence-electron chi connectivity index (χ0n) is 10.3. The van der Waals surface area contributed by atoms with Crippen molar-refractivity contribution in [2.24, 2.45) is 5.84 Å². The zero-order chi connectivity index (χ0) is 13.0. The van der Waals surface area contributed by atoms with Gasteiger partial charge in [0.2, 0.25) is 0 Å². The van der Waals surface area contributed by atoms with Crippen molar-refractivity contribution < 1.29 is 8.81 Å². The van der Waals surface area contributed by atoms with Gasteiger partial charge in [-0.3, -0.25) is 5.84 Å². The van der Waals surface area contributed by atoms with Crippen LogP contribution in [0.3, 0.4) is 0 Å². The average molecular weight is 248 g/mol. The van der Waals surface area contributed by atoms with Gasteiger partial charge in [-0.15, -0.1) is 0 Å². The standard InChI is InChI=1S/C14H17FN2O/c1-2-12-7-8-14(18-12)13(17-16)9-10-3-5-11(15)6-4-10/h3-8,13,17H,2,9,16H2,1H3. The van der Waals surface area contributed by atoms with E-state index < -0.39 is 0 Å². The summed E-state index contributed by atoms with van der Waals surface area (Å²) in [5.41, 5.74) is 3.74. The minimum absolute atomic E-state index is 0.101. The highest BCUT2D eigenvalue weighted by atomic mass is 19.1. The molecule has 3 N–H and O–H groups in total. The first-order chi connectivity index (χ1) is 8.72. The Morgan fingerprint density at radius 1 is 1.22 bits per heavy atom. The molecule has 2 aromatic rings. The Hall–Kier alpha value is -1.65. The molecular weight excluding hydrogens is 231 g/mol. The molecule has 0 aliphatic heterocycles. The molecule has 0 spiro atoms. The highest BCUT2D eigenvalue weighted by Crippen LogP contribution is 2.20. The molecule has 96 valence electrons. The van der Waals surface area contributed by atoms with Crippen molar-refractivity contribution in [3.63, 3.8) is 0 Å². The highest BCUT2D eigenvalue weighted by molar-refractivity contribution is 5.20. The Morgan fingerprint density at radius 2 is 1.94 bits per heavy atom. The van der Waals surface area contributed by atoms with Crippen LogP contribution in [0, 0.1) is 5.82 Å². The van der Waals surface area contributed by atoms with Crippen molar-refractivity contribution in [1.29, 1.82) is 0 Å². The number of nitrogens with two attached hydrogens (primary N) is 1. The van der Waals surface area contributed by atoms with Gasteiger partial charge in [0.25, 0.3) is 0 Å². The topological polar surface area (TPSA) is 51.2 Å². The van der Waals surface area contributed by atoms with Crippen LogP contribution in [0.2, 0.25) is 0 Å². The van der Waals surface area contributed by atoms with Crippen LogP contribution in [0.25, 0.3) is 0 Å². The Morgan fingerprint density at radius 3 is 2.50 bits per heavy atom. The first kappa shape index (κ1) is 12.8. The summed E-state index contributed by atoms with van der Waals surface area (Å²) in [6, 6.07) is 10.2. The molecule has 0 bridgehead atoms. The number of furan rings is 1. The molecule has 1 aromatic carbocycles. The van der Waals surface area contributed by atoms with Gasteiger partial charge < -0.3 is 4.42 Å². The largest absolute Gasteiger partial charge is 0.464 e. The molecule has 0 saturated carbocycles. The molecule has 1 atom stereocenters. The summed E-state index contributed by atoms with van der Waals surface area (Å²) in [7, 11) is 0. The van der Waals surface area contributed by atoms with Gasteiger partial charge in [-0.1, -0.05) is 19.1 Å². The average Bonchev–Trinajstić information content (AvgIpc) is 2.87. The lowest BCUT2D eigenvalue weighted by atomic mass is 10.0. The zero-order valence-corrected chi connectivity index (χ0v) is 10.3. The van der Waals surface area contributed by atoms with Gasteiger partial charge in [0.15, 0.2) is 0 Å². The second-order valence-electron chi connectivity index (χ2n) is 4.21. The fraction of sp³-hybridized carbons (Fsp3) is 0.286. The van der Waals surface area contributed by atoms with Gasteiger partial charge in [0, 0.05) is 6.42 Å². The maximum absolute atomic E-state index is 12.8. The second-order valence-corrected chi connectivity index (χ2v) is 4.21. The lowest BCUT2D eigenvalue weighted by molar-refractivity contribution is 0.396. The van der Waals surface area contributed by atoms with Crippen LogP contribution in [0.15, 0.2) is 40.8 Å². The maximum Gasteiger partial charge on any atom is 0.123 e. The molecular formula is C14H17FN2O. The molecule has 18 heavy (non-hydrogen) atoms. The van der Waals surface area contributed by atoms with Crippen molar-refractivity contribution in [3.8, 4) is 0 Å². The second kappa shape index (κ2) is 5.80. The van der Waals surface area contributed by atoms with E-state index >= 15 is 0 Å². The molecule has 0 aliphatic carbocycles. The van der Waals surface area contributed by atoms with E-state index in [0.29, 0.717) is 6.42 Å². The predicted molar refractivity (Wildman–Crippen MR) is 68.3 cm³/mol. The fourth-order valence-corrected chi connectivity index (χ4v) is 1.87. The first-order valence-corrected chi connectivity index (χ1v) is 6.02. The molecule has 0 fully saturated rings. The Kier molecular flexibility index (Phi) is 4.12. The Labute approximate surface area is 106 Å². The van der Waals surface area contributed by atoms with Crippen molar-refractivity contribution >= 4 is 0 Å². The van der Waals surface area contributed by atoms with E-state index in [4.69, 9.17) is 10.3 Å². The Balaban J connectivity index is 2.11. The molecule has 1 unspecified atom stereocenters.